The molecule has 162 valence electrons. The second-order valence-corrected chi connectivity index (χ2v) is 6.61. The zero-order valence-electron chi connectivity index (χ0n) is 16.7. The van der Waals surface area contributed by atoms with Gasteiger partial charge in [-0.3, -0.25) is 25.0 Å². The second-order valence-electron chi connectivity index (χ2n) is 6.61. The van der Waals surface area contributed by atoms with E-state index in [-0.39, 0.29) is 30.0 Å². The van der Waals surface area contributed by atoms with E-state index in [1.807, 2.05) is 0 Å². The molecule has 0 aliphatic rings. The number of carbonyl (C=O) groups excluding carboxylic acids is 1. The van der Waals surface area contributed by atoms with Crippen LogP contribution in [0.1, 0.15) is 16.7 Å². The molecule has 0 saturated heterocycles. The Kier molecular flexibility index (Phi) is 7.20. The highest BCUT2D eigenvalue weighted by Gasteiger charge is 2.15. The van der Waals surface area contributed by atoms with E-state index >= 15 is 0 Å². The zero-order chi connectivity index (χ0) is 22.9. The minimum Gasteiger partial charge on any atom is -0.488 e. The molecule has 0 spiro atoms. The van der Waals surface area contributed by atoms with Crippen molar-refractivity contribution >= 4 is 23.5 Å². The third-order valence-corrected chi connectivity index (χ3v) is 4.37. The highest BCUT2D eigenvalue weighted by atomic mass is 16.6. The van der Waals surface area contributed by atoms with Crippen molar-refractivity contribution < 1.29 is 19.4 Å². The zero-order valence-corrected chi connectivity index (χ0v) is 16.7. The van der Waals surface area contributed by atoms with Gasteiger partial charge in [0, 0.05) is 29.3 Å². The van der Waals surface area contributed by atoms with Gasteiger partial charge in [0.25, 0.3) is 11.4 Å². The quantitative estimate of drug-likeness (QED) is 0.309. The van der Waals surface area contributed by atoms with E-state index in [1.54, 1.807) is 42.5 Å². The monoisotopic (exact) mass is 434 g/mol. The van der Waals surface area contributed by atoms with Crippen molar-refractivity contribution in [2.45, 2.75) is 13.0 Å². The van der Waals surface area contributed by atoms with Gasteiger partial charge in [-0.2, -0.15) is 5.10 Å². The molecule has 0 aromatic heterocycles. The van der Waals surface area contributed by atoms with Crippen LogP contribution in [0.4, 0.5) is 11.4 Å². The Morgan fingerprint density at radius 2 is 1.72 bits per heavy atom. The maximum atomic E-state index is 12.1. The molecule has 1 N–H and O–H groups in total. The number of rotatable bonds is 9. The van der Waals surface area contributed by atoms with Crippen LogP contribution in [-0.4, -0.2) is 22.0 Å². The van der Waals surface area contributed by atoms with E-state index in [2.05, 4.69) is 10.5 Å². The molecule has 0 heterocycles. The van der Waals surface area contributed by atoms with Gasteiger partial charge in [-0.25, -0.2) is 5.43 Å². The highest BCUT2D eigenvalue weighted by Crippen LogP contribution is 2.20. The van der Waals surface area contributed by atoms with Gasteiger partial charge in [0.15, 0.2) is 0 Å². The fourth-order valence-electron chi connectivity index (χ4n) is 2.86. The second kappa shape index (κ2) is 10.4. The molecule has 32 heavy (non-hydrogen) atoms. The molecule has 1 amide bonds. The molecule has 3 aromatic rings. The minimum atomic E-state index is -0.541. The molecule has 3 aromatic carbocycles. The molecule has 0 fully saturated rings. The Hall–Kier alpha value is -4.60. The number of benzene rings is 3. The lowest BCUT2D eigenvalue weighted by Crippen LogP contribution is -2.20. The molecule has 0 aliphatic heterocycles. The first-order valence-electron chi connectivity index (χ1n) is 9.43. The smallest absolute Gasteiger partial charge is 0.273 e. The third kappa shape index (κ3) is 5.95. The molecular formula is C22H18N4O6. The number of nitrogens with one attached hydrogen (secondary N) is 1. The number of non-ortho nitro benzene ring substituents is 1. The lowest BCUT2D eigenvalue weighted by atomic mass is 10.1. The Morgan fingerprint density at radius 3 is 2.50 bits per heavy atom. The van der Waals surface area contributed by atoms with Crippen LogP contribution in [0.3, 0.4) is 0 Å². The molecule has 10 nitrogen and oxygen atoms in total. The highest BCUT2D eigenvalue weighted by molar-refractivity contribution is 5.86. The summed E-state index contributed by atoms with van der Waals surface area (Å²) in [7, 11) is 0. The number of carbonyl (C=O) groups is 1. The van der Waals surface area contributed by atoms with Gasteiger partial charge in [0.1, 0.15) is 12.4 Å². The molecule has 0 atom stereocenters. The first kappa shape index (κ1) is 22.1. The van der Waals surface area contributed by atoms with Crippen LogP contribution in [0.15, 0.2) is 77.9 Å². The number of nitrogens with zero attached hydrogens (tertiary/aromatic N) is 3. The van der Waals surface area contributed by atoms with Gasteiger partial charge >= 0.3 is 0 Å². The molecular weight excluding hydrogens is 416 g/mol. The van der Waals surface area contributed by atoms with E-state index in [4.69, 9.17) is 4.74 Å². The van der Waals surface area contributed by atoms with Crippen molar-refractivity contribution in [1.82, 2.24) is 5.43 Å². The molecule has 3 rings (SSSR count). The number of para-hydroxylation sites is 2. The summed E-state index contributed by atoms with van der Waals surface area (Å²) < 4.78 is 5.75. The summed E-state index contributed by atoms with van der Waals surface area (Å²) in [5, 5.41) is 25.9. The number of amides is 1. The van der Waals surface area contributed by atoms with Gasteiger partial charge in [-0.1, -0.05) is 42.5 Å². The average Bonchev–Trinajstić information content (AvgIpc) is 2.79. The number of nitro groups is 2. The summed E-state index contributed by atoms with van der Waals surface area (Å²) in [6, 6.07) is 19.1. The predicted octanol–water partition coefficient (Wildman–Crippen LogP) is 3.77. The fraction of sp³-hybridized carbons (Fsp3) is 0.0909. The minimum absolute atomic E-state index is 0.0256. The van der Waals surface area contributed by atoms with Crippen molar-refractivity contribution in [2.75, 3.05) is 0 Å². The Bertz CT molecular complexity index is 1180. The van der Waals surface area contributed by atoms with Gasteiger partial charge in [-0.05, 0) is 17.7 Å². The largest absolute Gasteiger partial charge is 0.488 e. The van der Waals surface area contributed by atoms with E-state index in [0.717, 1.165) is 0 Å². The third-order valence-electron chi connectivity index (χ3n) is 4.37. The predicted molar refractivity (Wildman–Crippen MR) is 116 cm³/mol. The average molecular weight is 434 g/mol. The van der Waals surface area contributed by atoms with Gasteiger partial charge in [0.2, 0.25) is 5.91 Å². The summed E-state index contributed by atoms with van der Waals surface area (Å²) in [5.41, 5.74) is 3.67. The molecule has 0 aliphatic carbocycles. The van der Waals surface area contributed by atoms with Crippen molar-refractivity contribution in [3.8, 4) is 5.75 Å². The van der Waals surface area contributed by atoms with Crippen molar-refractivity contribution in [1.29, 1.82) is 0 Å². The number of hydrazone groups is 1. The van der Waals surface area contributed by atoms with Crippen molar-refractivity contribution in [2.24, 2.45) is 5.10 Å². The maximum Gasteiger partial charge on any atom is 0.273 e. The van der Waals surface area contributed by atoms with Crippen LogP contribution in [0, 0.1) is 20.2 Å². The van der Waals surface area contributed by atoms with E-state index < -0.39 is 15.8 Å². The first-order chi connectivity index (χ1) is 15.4. The Labute approximate surface area is 182 Å². The molecule has 0 radical (unpaired) electrons. The SMILES string of the molecule is O=C(Cc1ccccc1[N+](=O)[O-])NN=Cc1ccccc1OCc1cccc([N+](=O)[O-])c1. The number of nitro benzene ring substituents is 2. The summed E-state index contributed by atoms with van der Waals surface area (Å²) in [6.07, 6.45) is 1.19. The van der Waals surface area contributed by atoms with Crippen molar-refractivity contribution in [3.63, 3.8) is 0 Å². The van der Waals surface area contributed by atoms with Crippen LogP contribution >= 0.6 is 0 Å². The number of hydrogen-bond donors (Lipinski definition) is 1. The van der Waals surface area contributed by atoms with Gasteiger partial charge < -0.3 is 4.74 Å². The van der Waals surface area contributed by atoms with Crippen LogP contribution in [-0.2, 0) is 17.8 Å². The lowest BCUT2D eigenvalue weighted by Gasteiger charge is -2.09. The summed E-state index contributed by atoms with van der Waals surface area (Å²) in [6.45, 7) is 0.108. The normalized spacial score (nSPS) is 10.6. The van der Waals surface area contributed by atoms with Gasteiger partial charge in [-0.15, -0.1) is 0 Å². The summed E-state index contributed by atoms with van der Waals surface area (Å²) in [4.78, 5) is 33.1. The standard InChI is InChI=1S/C22H18N4O6/c27-22(13-17-7-1-3-10-20(17)26(30)31)24-23-14-18-8-2-4-11-21(18)32-15-16-6-5-9-19(12-16)25(28)29/h1-12,14H,13,15H2,(H,24,27). The van der Waals surface area contributed by atoms with Crippen LogP contribution in [0.5, 0.6) is 5.75 Å². The van der Waals surface area contributed by atoms with Crippen LogP contribution in [0.25, 0.3) is 0 Å². The molecule has 0 bridgehead atoms. The fourth-order valence-corrected chi connectivity index (χ4v) is 2.86. The van der Waals surface area contributed by atoms with E-state index in [1.165, 1.54) is 36.5 Å². The van der Waals surface area contributed by atoms with E-state index in [0.29, 0.717) is 16.9 Å². The molecule has 0 saturated carbocycles. The molecule has 10 heteroatoms. The first-order valence-corrected chi connectivity index (χ1v) is 9.43. The molecule has 0 unspecified atom stereocenters. The van der Waals surface area contributed by atoms with Crippen LogP contribution < -0.4 is 10.2 Å². The van der Waals surface area contributed by atoms with Gasteiger partial charge in [0.05, 0.1) is 22.5 Å². The Balaban J connectivity index is 1.62. The Morgan fingerprint density at radius 1 is 0.969 bits per heavy atom. The number of hydrogen-bond acceptors (Lipinski definition) is 7. The maximum absolute atomic E-state index is 12.1. The van der Waals surface area contributed by atoms with Crippen molar-refractivity contribution in [3.05, 3.63) is 110 Å². The summed E-state index contributed by atoms with van der Waals surface area (Å²) >= 11 is 0. The van der Waals surface area contributed by atoms with Crippen LogP contribution in [0.2, 0.25) is 0 Å². The number of ether oxygens (including phenoxy) is 1. The topological polar surface area (TPSA) is 137 Å². The lowest BCUT2D eigenvalue weighted by molar-refractivity contribution is -0.385. The van der Waals surface area contributed by atoms with E-state index in [9.17, 15) is 25.0 Å². The summed E-state index contributed by atoms with van der Waals surface area (Å²) in [5.74, 6) is -0.0405.